The SMILES string of the molecule is Cc1ccc(NC(=O)c2ccccc2OC(F)F)c(O)c1. The molecule has 0 aliphatic heterocycles. The Bertz CT molecular complexity index is 659. The lowest BCUT2D eigenvalue weighted by Gasteiger charge is -2.11. The quantitative estimate of drug-likeness (QED) is 0.847. The zero-order valence-corrected chi connectivity index (χ0v) is 11.1. The van der Waals surface area contributed by atoms with Gasteiger partial charge >= 0.3 is 6.61 Å². The number of ether oxygens (including phenoxy) is 1. The van der Waals surface area contributed by atoms with E-state index < -0.39 is 12.5 Å². The molecule has 110 valence electrons. The second-order valence-electron chi connectivity index (χ2n) is 4.35. The summed E-state index contributed by atoms with van der Waals surface area (Å²) < 4.78 is 28.9. The van der Waals surface area contributed by atoms with Crippen LogP contribution >= 0.6 is 0 Å². The number of aryl methyl sites for hydroxylation is 1. The second kappa shape index (κ2) is 6.21. The first kappa shape index (κ1) is 14.8. The molecule has 0 fully saturated rings. The maximum atomic E-state index is 12.3. The van der Waals surface area contributed by atoms with Crippen molar-refractivity contribution in [3.05, 3.63) is 53.6 Å². The van der Waals surface area contributed by atoms with Crippen molar-refractivity contribution in [2.45, 2.75) is 13.5 Å². The molecule has 0 unspecified atom stereocenters. The molecular formula is C15H13F2NO3. The average molecular weight is 293 g/mol. The van der Waals surface area contributed by atoms with E-state index >= 15 is 0 Å². The number of aromatic hydroxyl groups is 1. The number of carbonyl (C=O) groups excluding carboxylic acids is 1. The summed E-state index contributed by atoms with van der Waals surface area (Å²) in [6.45, 7) is -1.23. The third-order valence-corrected chi connectivity index (χ3v) is 2.75. The molecule has 2 rings (SSSR count). The predicted molar refractivity (Wildman–Crippen MR) is 73.9 cm³/mol. The zero-order chi connectivity index (χ0) is 15.4. The lowest BCUT2D eigenvalue weighted by atomic mass is 10.1. The number of rotatable bonds is 4. The minimum absolute atomic E-state index is 0.0437. The summed E-state index contributed by atoms with van der Waals surface area (Å²) in [6.07, 6.45) is 0. The van der Waals surface area contributed by atoms with Gasteiger partial charge in [0.15, 0.2) is 0 Å². The number of carbonyl (C=O) groups is 1. The van der Waals surface area contributed by atoms with Crippen molar-refractivity contribution in [3.8, 4) is 11.5 Å². The number of para-hydroxylation sites is 1. The highest BCUT2D eigenvalue weighted by Crippen LogP contribution is 2.26. The van der Waals surface area contributed by atoms with Gasteiger partial charge in [0.2, 0.25) is 0 Å². The molecule has 0 aliphatic rings. The first-order valence-corrected chi connectivity index (χ1v) is 6.12. The van der Waals surface area contributed by atoms with Gasteiger partial charge in [-0.25, -0.2) is 0 Å². The van der Waals surface area contributed by atoms with Crippen molar-refractivity contribution in [1.29, 1.82) is 0 Å². The van der Waals surface area contributed by atoms with Crippen molar-refractivity contribution < 1.29 is 23.4 Å². The lowest BCUT2D eigenvalue weighted by molar-refractivity contribution is -0.0501. The maximum Gasteiger partial charge on any atom is 0.387 e. The number of nitrogens with one attached hydrogen (secondary N) is 1. The summed E-state index contributed by atoms with van der Waals surface area (Å²) in [5.74, 6) is -0.974. The van der Waals surface area contributed by atoms with Gasteiger partial charge in [0.1, 0.15) is 11.5 Å². The molecule has 21 heavy (non-hydrogen) atoms. The van der Waals surface area contributed by atoms with Crippen LogP contribution in [0.4, 0.5) is 14.5 Å². The van der Waals surface area contributed by atoms with Crippen LogP contribution in [0.3, 0.4) is 0 Å². The van der Waals surface area contributed by atoms with Crippen molar-refractivity contribution >= 4 is 11.6 Å². The van der Waals surface area contributed by atoms with Gasteiger partial charge in [-0.05, 0) is 36.8 Å². The monoisotopic (exact) mass is 293 g/mol. The number of benzene rings is 2. The van der Waals surface area contributed by atoms with Gasteiger partial charge in [-0.3, -0.25) is 4.79 Å². The van der Waals surface area contributed by atoms with Crippen molar-refractivity contribution in [2.75, 3.05) is 5.32 Å². The molecule has 0 radical (unpaired) electrons. The van der Waals surface area contributed by atoms with Gasteiger partial charge in [0, 0.05) is 0 Å². The molecule has 0 bridgehead atoms. The fraction of sp³-hybridized carbons (Fsp3) is 0.133. The summed E-state index contributed by atoms with van der Waals surface area (Å²) in [5, 5.41) is 12.2. The summed E-state index contributed by atoms with van der Waals surface area (Å²) in [5.41, 5.74) is 0.974. The first-order chi connectivity index (χ1) is 9.97. The molecule has 6 heteroatoms. The molecule has 0 aliphatic carbocycles. The van der Waals surface area contributed by atoms with Crippen LogP contribution in [0.2, 0.25) is 0 Å². The molecule has 4 nitrogen and oxygen atoms in total. The van der Waals surface area contributed by atoms with E-state index in [1.54, 1.807) is 13.0 Å². The van der Waals surface area contributed by atoms with Crippen molar-refractivity contribution in [2.24, 2.45) is 0 Å². The van der Waals surface area contributed by atoms with Gasteiger partial charge in [-0.2, -0.15) is 8.78 Å². The molecule has 0 heterocycles. The Labute approximate surface area is 120 Å². The van der Waals surface area contributed by atoms with Crippen LogP contribution in [-0.2, 0) is 0 Å². The minimum Gasteiger partial charge on any atom is -0.506 e. The molecule has 0 atom stereocenters. The number of halogens is 2. The van der Waals surface area contributed by atoms with Crippen LogP contribution in [0.5, 0.6) is 11.5 Å². The number of phenols is 1. The van der Waals surface area contributed by atoms with E-state index in [2.05, 4.69) is 10.1 Å². The molecule has 0 spiro atoms. The largest absolute Gasteiger partial charge is 0.506 e. The van der Waals surface area contributed by atoms with E-state index in [1.807, 2.05) is 0 Å². The number of alkyl halides is 2. The smallest absolute Gasteiger partial charge is 0.387 e. The molecule has 1 amide bonds. The van der Waals surface area contributed by atoms with Gasteiger partial charge < -0.3 is 15.2 Å². The molecule has 0 saturated heterocycles. The van der Waals surface area contributed by atoms with Crippen LogP contribution in [0, 0.1) is 6.92 Å². The van der Waals surface area contributed by atoms with E-state index in [0.717, 1.165) is 5.56 Å². The highest BCUT2D eigenvalue weighted by molar-refractivity contribution is 6.06. The summed E-state index contributed by atoms with van der Waals surface area (Å²) >= 11 is 0. The Kier molecular flexibility index (Phi) is 4.37. The van der Waals surface area contributed by atoms with Gasteiger partial charge in [0.05, 0.1) is 11.3 Å². The summed E-state index contributed by atoms with van der Waals surface area (Å²) in [6, 6.07) is 10.4. The number of hydrogen-bond acceptors (Lipinski definition) is 3. The third kappa shape index (κ3) is 3.68. The van der Waals surface area contributed by atoms with Crippen molar-refractivity contribution in [3.63, 3.8) is 0 Å². The van der Waals surface area contributed by atoms with E-state index in [1.165, 1.54) is 36.4 Å². The summed E-state index contributed by atoms with van der Waals surface area (Å²) in [7, 11) is 0. The van der Waals surface area contributed by atoms with Gasteiger partial charge in [-0.15, -0.1) is 0 Å². The second-order valence-corrected chi connectivity index (χ2v) is 4.35. The highest BCUT2D eigenvalue weighted by Gasteiger charge is 2.16. The molecule has 2 aromatic carbocycles. The van der Waals surface area contributed by atoms with Crippen LogP contribution in [0.1, 0.15) is 15.9 Å². The zero-order valence-electron chi connectivity index (χ0n) is 11.1. The average Bonchev–Trinajstić information content (AvgIpc) is 2.42. The molecular weight excluding hydrogens is 280 g/mol. The minimum atomic E-state index is -3.02. The Morgan fingerprint density at radius 2 is 1.95 bits per heavy atom. The number of hydrogen-bond donors (Lipinski definition) is 2. The Morgan fingerprint density at radius 3 is 2.62 bits per heavy atom. The van der Waals surface area contributed by atoms with E-state index in [9.17, 15) is 18.7 Å². The van der Waals surface area contributed by atoms with E-state index in [-0.39, 0.29) is 22.7 Å². The van der Waals surface area contributed by atoms with E-state index in [0.29, 0.717) is 0 Å². The van der Waals surface area contributed by atoms with E-state index in [4.69, 9.17) is 0 Å². The Morgan fingerprint density at radius 1 is 1.24 bits per heavy atom. The molecule has 2 aromatic rings. The maximum absolute atomic E-state index is 12.3. The van der Waals surface area contributed by atoms with Crippen molar-refractivity contribution in [1.82, 2.24) is 0 Å². The Balaban J connectivity index is 2.24. The molecule has 2 N–H and O–H groups in total. The number of phenolic OH excluding ortho intramolecular Hbond substituents is 1. The highest BCUT2D eigenvalue weighted by atomic mass is 19.3. The third-order valence-electron chi connectivity index (χ3n) is 2.75. The fourth-order valence-electron chi connectivity index (χ4n) is 1.79. The molecule has 0 aromatic heterocycles. The van der Waals surface area contributed by atoms with Gasteiger partial charge in [-0.1, -0.05) is 18.2 Å². The van der Waals surface area contributed by atoms with Crippen LogP contribution in [0.15, 0.2) is 42.5 Å². The Hall–Kier alpha value is -2.63. The topological polar surface area (TPSA) is 58.6 Å². The standard InChI is InChI=1S/C15H13F2NO3/c1-9-6-7-11(12(19)8-9)18-14(20)10-4-2-3-5-13(10)21-15(16)17/h2-8,15,19H,1H3,(H,18,20). The molecule has 0 saturated carbocycles. The van der Waals surface area contributed by atoms with Crippen LogP contribution < -0.4 is 10.1 Å². The lowest BCUT2D eigenvalue weighted by Crippen LogP contribution is -2.15. The summed E-state index contributed by atoms with van der Waals surface area (Å²) in [4.78, 5) is 12.1. The van der Waals surface area contributed by atoms with Gasteiger partial charge in [0.25, 0.3) is 5.91 Å². The van der Waals surface area contributed by atoms with Crippen LogP contribution in [-0.4, -0.2) is 17.6 Å². The number of amides is 1. The normalized spacial score (nSPS) is 10.5. The first-order valence-electron chi connectivity index (χ1n) is 6.12. The number of anilines is 1. The predicted octanol–water partition coefficient (Wildman–Crippen LogP) is 3.55. The van der Waals surface area contributed by atoms with Crippen LogP contribution in [0.25, 0.3) is 0 Å². The fourth-order valence-corrected chi connectivity index (χ4v) is 1.79.